The van der Waals surface area contributed by atoms with Crippen molar-refractivity contribution >= 4 is 39.3 Å². The molecule has 58 heavy (non-hydrogen) atoms. The fraction of sp³-hybridized carbons (Fsp3) is 0.370. The van der Waals surface area contributed by atoms with Crippen molar-refractivity contribution in [3.63, 3.8) is 0 Å². The average molecular weight is 806 g/mol. The third-order valence-electron chi connectivity index (χ3n) is 10.7. The van der Waals surface area contributed by atoms with Gasteiger partial charge in [0.1, 0.15) is 11.8 Å². The zero-order valence-electron chi connectivity index (χ0n) is 34.0. The minimum absolute atomic E-state index is 0.0470. The van der Waals surface area contributed by atoms with Gasteiger partial charge in [-0.3, -0.25) is 19.3 Å². The summed E-state index contributed by atoms with van der Waals surface area (Å²) in [4.78, 5) is 51.3. The molecule has 0 spiro atoms. The summed E-state index contributed by atoms with van der Waals surface area (Å²) in [5.74, 6) is 0.476. The maximum atomic E-state index is 14.8. The minimum atomic E-state index is -3.28. The van der Waals surface area contributed by atoms with Gasteiger partial charge in [-0.1, -0.05) is 66.7 Å². The van der Waals surface area contributed by atoms with Crippen LogP contribution in [-0.4, -0.2) is 116 Å². The van der Waals surface area contributed by atoms with E-state index in [0.717, 1.165) is 46.8 Å². The van der Waals surface area contributed by atoms with E-state index >= 15 is 0 Å². The molecule has 2 fully saturated rings. The van der Waals surface area contributed by atoms with Gasteiger partial charge >= 0.3 is 0 Å². The Balaban J connectivity index is 1.23. The SMILES string of the molecule is CC(=O)N1CCN(c2ccc(CN(C(=O)C=Cc3ccc(OC(C)C)cc3)C(Cc3ccccc3)C(=O)N3CCN(Cc4ccc(S(C)(=O)=O)cc4)CC3)cc2)CC1. The van der Waals surface area contributed by atoms with Gasteiger partial charge in [-0.2, -0.15) is 0 Å². The standard InChI is InChI=1S/C46H55N5O6S/c1-35(2)57-42-19-12-37(13-20-42)16-23-45(53)51(34-40-10-17-41(18-11-40)49-30-28-48(29-31-49)36(3)52)44(32-38-8-6-5-7-9-38)46(54)50-26-24-47(25-27-50)33-39-14-21-43(22-15-39)58(4,55)56/h5-23,35,44H,24-34H2,1-4H3. The van der Waals surface area contributed by atoms with Crippen molar-refractivity contribution in [3.05, 3.63) is 131 Å². The zero-order valence-corrected chi connectivity index (χ0v) is 34.8. The second kappa shape index (κ2) is 19.3. The molecule has 1 unspecified atom stereocenters. The molecule has 4 aromatic rings. The maximum Gasteiger partial charge on any atom is 0.247 e. The number of anilines is 1. The quantitative estimate of drug-likeness (QED) is 0.153. The highest BCUT2D eigenvalue weighted by molar-refractivity contribution is 7.90. The predicted molar refractivity (Wildman–Crippen MR) is 228 cm³/mol. The number of piperazine rings is 2. The largest absolute Gasteiger partial charge is 0.491 e. The van der Waals surface area contributed by atoms with Crippen LogP contribution in [0.4, 0.5) is 5.69 Å². The fourth-order valence-electron chi connectivity index (χ4n) is 7.43. The van der Waals surface area contributed by atoms with Gasteiger partial charge in [0, 0.05) is 96.8 Å². The molecule has 0 saturated carbocycles. The molecule has 0 bridgehead atoms. The van der Waals surface area contributed by atoms with E-state index in [-0.39, 0.29) is 30.4 Å². The highest BCUT2D eigenvalue weighted by Gasteiger charge is 2.34. The van der Waals surface area contributed by atoms with E-state index in [4.69, 9.17) is 4.74 Å². The fourth-order valence-corrected chi connectivity index (χ4v) is 8.06. The van der Waals surface area contributed by atoms with Gasteiger partial charge in [0.05, 0.1) is 11.0 Å². The van der Waals surface area contributed by atoms with Crippen LogP contribution in [0.5, 0.6) is 5.75 Å². The molecule has 2 aliphatic rings. The molecule has 0 radical (unpaired) electrons. The molecule has 0 aliphatic carbocycles. The highest BCUT2D eigenvalue weighted by atomic mass is 32.2. The third-order valence-corrected chi connectivity index (χ3v) is 11.8. The van der Waals surface area contributed by atoms with Crippen molar-refractivity contribution in [1.29, 1.82) is 0 Å². The maximum absolute atomic E-state index is 14.8. The topological polar surface area (TPSA) is 111 Å². The summed E-state index contributed by atoms with van der Waals surface area (Å²) in [6, 6.07) is 31.8. The van der Waals surface area contributed by atoms with Crippen molar-refractivity contribution in [2.24, 2.45) is 0 Å². The molecule has 6 rings (SSSR count). The van der Waals surface area contributed by atoms with Crippen molar-refractivity contribution in [2.75, 3.05) is 63.5 Å². The molecule has 4 aromatic carbocycles. The van der Waals surface area contributed by atoms with E-state index in [1.165, 1.54) is 6.26 Å². The van der Waals surface area contributed by atoms with E-state index in [9.17, 15) is 22.8 Å². The first-order valence-electron chi connectivity index (χ1n) is 20.0. The summed E-state index contributed by atoms with van der Waals surface area (Å²) in [7, 11) is -3.28. The van der Waals surface area contributed by atoms with Crippen LogP contribution in [0.3, 0.4) is 0 Å². The van der Waals surface area contributed by atoms with Gasteiger partial charge in [0.2, 0.25) is 17.7 Å². The second-order valence-electron chi connectivity index (χ2n) is 15.4. The molecule has 0 N–H and O–H groups in total. The lowest BCUT2D eigenvalue weighted by atomic mass is 10.0. The summed E-state index contributed by atoms with van der Waals surface area (Å²) in [6.07, 6.45) is 4.94. The van der Waals surface area contributed by atoms with E-state index in [1.54, 1.807) is 36.1 Å². The molecule has 2 heterocycles. The molecule has 1 atom stereocenters. The summed E-state index contributed by atoms with van der Waals surface area (Å²) < 4.78 is 29.7. The predicted octanol–water partition coefficient (Wildman–Crippen LogP) is 5.54. The van der Waals surface area contributed by atoms with Gasteiger partial charge in [-0.15, -0.1) is 0 Å². The van der Waals surface area contributed by atoms with Crippen LogP contribution < -0.4 is 9.64 Å². The smallest absolute Gasteiger partial charge is 0.247 e. The van der Waals surface area contributed by atoms with Gasteiger partial charge in [0.25, 0.3) is 0 Å². The molecule has 306 valence electrons. The number of carbonyl (C=O) groups is 3. The van der Waals surface area contributed by atoms with Crippen LogP contribution in [0.25, 0.3) is 6.08 Å². The second-order valence-corrected chi connectivity index (χ2v) is 17.4. The number of ether oxygens (including phenoxy) is 1. The Morgan fingerprint density at radius 3 is 1.91 bits per heavy atom. The Labute approximate surface area is 343 Å². The number of hydrogen-bond acceptors (Lipinski definition) is 8. The van der Waals surface area contributed by atoms with Crippen LogP contribution in [-0.2, 0) is 43.7 Å². The molecule has 11 nitrogen and oxygen atoms in total. The number of hydrogen-bond donors (Lipinski definition) is 0. The van der Waals surface area contributed by atoms with Crippen molar-refractivity contribution in [1.82, 2.24) is 19.6 Å². The number of rotatable bonds is 14. The van der Waals surface area contributed by atoms with Crippen molar-refractivity contribution in [3.8, 4) is 5.75 Å². The molecular weight excluding hydrogens is 751 g/mol. The Kier molecular flexibility index (Phi) is 14.0. The average Bonchev–Trinajstić information content (AvgIpc) is 3.22. The third kappa shape index (κ3) is 11.6. The van der Waals surface area contributed by atoms with Crippen LogP contribution in [0.2, 0.25) is 0 Å². The summed E-state index contributed by atoms with van der Waals surface area (Å²) in [5, 5.41) is 0. The van der Waals surface area contributed by atoms with Crippen LogP contribution in [0, 0.1) is 0 Å². The molecular formula is C46H55N5O6S. The first kappa shape index (κ1) is 42.2. The Hall–Kier alpha value is -5.46. The Bertz CT molecular complexity index is 2130. The number of amides is 3. The number of sulfone groups is 1. The first-order valence-corrected chi connectivity index (χ1v) is 21.9. The lowest BCUT2D eigenvalue weighted by Gasteiger charge is -2.39. The van der Waals surface area contributed by atoms with Gasteiger partial charge in [-0.05, 0) is 78.6 Å². The van der Waals surface area contributed by atoms with E-state index in [0.29, 0.717) is 57.1 Å². The van der Waals surface area contributed by atoms with E-state index < -0.39 is 15.9 Å². The van der Waals surface area contributed by atoms with Crippen molar-refractivity contribution in [2.45, 2.75) is 57.3 Å². The molecule has 12 heteroatoms. The van der Waals surface area contributed by atoms with Gasteiger partial charge in [0.15, 0.2) is 9.84 Å². The number of benzene rings is 4. The minimum Gasteiger partial charge on any atom is -0.491 e. The Morgan fingerprint density at radius 2 is 1.33 bits per heavy atom. The van der Waals surface area contributed by atoms with Crippen LogP contribution >= 0.6 is 0 Å². The summed E-state index contributed by atoms with van der Waals surface area (Å²) >= 11 is 0. The summed E-state index contributed by atoms with van der Waals surface area (Å²) in [5.41, 5.74) is 4.76. The van der Waals surface area contributed by atoms with E-state index in [2.05, 4.69) is 21.9 Å². The molecule has 2 saturated heterocycles. The summed E-state index contributed by atoms with van der Waals surface area (Å²) in [6.45, 7) is 11.6. The molecule has 0 aromatic heterocycles. The first-order chi connectivity index (χ1) is 27.8. The van der Waals surface area contributed by atoms with Gasteiger partial charge in [-0.25, -0.2) is 8.42 Å². The molecule has 2 aliphatic heterocycles. The lowest BCUT2D eigenvalue weighted by Crippen LogP contribution is -2.56. The highest BCUT2D eigenvalue weighted by Crippen LogP contribution is 2.23. The number of carbonyl (C=O) groups excluding carboxylic acids is 3. The van der Waals surface area contributed by atoms with Crippen LogP contribution in [0.15, 0.2) is 114 Å². The van der Waals surface area contributed by atoms with E-state index in [1.807, 2.05) is 103 Å². The van der Waals surface area contributed by atoms with Crippen molar-refractivity contribution < 1.29 is 27.5 Å². The normalized spacial score (nSPS) is 15.8. The molecule has 3 amide bonds. The van der Waals surface area contributed by atoms with Crippen LogP contribution in [0.1, 0.15) is 43.0 Å². The Morgan fingerprint density at radius 1 is 0.724 bits per heavy atom. The lowest BCUT2D eigenvalue weighted by molar-refractivity contribution is -0.145. The van der Waals surface area contributed by atoms with Gasteiger partial charge < -0.3 is 24.3 Å². The monoisotopic (exact) mass is 805 g/mol. The zero-order chi connectivity index (χ0) is 41.2. The number of nitrogens with zero attached hydrogens (tertiary/aromatic N) is 5.